The monoisotopic (exact) mass is 317 g/mol. The number of aromatic nitrogens is 2. The molecule has 2 aliphatic carbocycles. The minimum atomic E-state index is 0.259. The van der Waals surface area contributed by atoms with Gasteiger partial charge in [-0.05, 0) is 51.0 Å². The van der Waals surface area contributed by atoms with E-state index in [4.69, 9.17) is 14.7 Å². The normalized spacial score (nSPS) is 19.2. The Labute approximate surface area is 135 Å². The number of hydrogen-bond donors (Lipinski definition) is 1. The summed E-state index contributed by atoms with van der Waals surface area (Å²) < 4.78 is 5.27. The molecule has 4 rings (SSSR count). The molecule has 2 aliphatic rings. The van der Waals surface area contributed by atoms with E-state index in [1.54, 1.807) is 7.11 Å². The lowest BCUT2D eigenvalue weighted by molar-refractivity contribution is 0.190. The summed E-state index contributed by atoms with van der Waals surface area (Å²) in [5, 5.41) is 4.86. The number of ether oxygens (including phenoxy) is 1. The molecule has 1 saturated carbocycles. The Morgan fingerprint density at radius 2 is 2.09 bits per heavy atom. The van der Waals surface area contributed by atoms with Gasteiger partial charge in [-0.25, -0.2) is 9.97 Å². The predicted octanol–water partition coefficient (Wildman–Crippen LogP) is 3.89. The van der Waals surface area contributed by atoms with Crippen molar-refractivity contribution in [1.29, 1.82) is 0 Å². The highest BCUT2D eigenvalue weighted by Crippen LogP contribution is 2.43. The third kappa shape index (κ3) is 2.61. The molecule has 22 heavy (non-hydrogen) atoms. The summed E-state index contributed by atoms with van der Waals surface area (Å²) >= 11 is 1.89. The van der Waals surface area contributed by atoms with Gasteiger partial charge in [0.15, 0.2) is 0 Å². The van der Waals surface area contributed by atoms with E-state index in [-0.39, 0.29) is 6.04 Å². The summed E-state index contributed by atoms with van der Waals surface area (Å²) in [7, 11) is 1.75. The van der Waals surface area contributed by atoms with Gasteiger partial charge in [-0.3, -0.25) is 0 Å². The molecule has 5 heteroatoms. The highest BCUT2D eigenvalue weighted by atomic mass is 32.1. The van der Waals surface area contributed by atoms with Gasteiger partial charge in [0.25, 0.3) is 0 Å². The molecule has 0 amide bonds. The van der Waals surface area contributed by atoms with Crippen molar-refractivity contribution >= 4 is 27.4 Å². The smallest absolute Gasteiger partial charge is 0.139 e. The second-order valence-corrected chi connectivity index (χ2v) is 7.68. The van der Waals surface area contributed by atoms with E-state index in [9.17, 15) is 0 Å². The van der Waals surface area contributed by atoms with Gasteiger partial charge in [-0.1, -0.05) is 0 Å². The van der Waals surface area contributed by atoms with Gasteiger partial charge < -0.3 is 10.1 Å². The van der Waals surface area contributed by atoms with Gasteiger partial charge >= 0.3 is 0 Å². The molecule has 2 aromatic heterocycles. The quantitative estimate of drug-likeness (QED) is 0.908. The first-order chi connectivity index (χ1) is 10.8. The van der Waals surface area contributed by atoms with Crippen LogP contribution >= 0.6 is 11.3 Å². The summed E-state index contributed by atoms with van der Waals surface area (Å²) in [6.45, 7) is 2.84. The van der Waals surface area contributed by atoms with Crippen LogP contribution < -0.4 is 5.32 Å². The number of nitrogens with zero attached hydrogens (tertiary/aromatic N) is 2. The molecule has 0 radical (unpaired) electrons. The SMILES string of the molecule is COC[C@H](C)Nc1nc(C2CC2)nc2sc3c(c12)CCCC3. The van der Waals surface area contributed by atoms with Crippen molar-refractivity contribution in [3.63, 3.8) is 0 Å². The average Bonchev–Trinajstić information content (AvgIpc) is 3.28. The topological polar surface area (TPSA) is 47.0 Å². The zero-order chi connectivity index (χ0) is 15.1. The van der Waals surface area contributed by atoms with Crippen molar-refractivity contribution in [2.75, 3.05) is 19.0 Å². The van der Waals surface area contributed by atoms with Crippen LogP contribution in [0.3, 0.4) is 0 Å². The van der Waals surface area contributed by atoms with Crippen molar-refractivity contribution in [1.82, 2.24) is 9.97 Å². The van der Waals surface area contributed by atoms with E-state index in [0.29, 0.717) is 12.5 Å². The Morgan fingerprint density at radius 3 is 2.86 bits per heavy atom. The number of nitrogens with one attached hydrogen (secondary N) is 1. The largest absolute Gasteiger partial charge is 0.383 e. The van der Waals surface area contributed by atoms with E-state index < -0.39 is 0 Å². The van der Waals surface area contributed by atoms with E-state index >= 15 is 0 Å². The molecule has 0 bridgehead atoms. The fourth-order valence-corrected chi connectivity index (χ4v) is 4.60. The Balaban J connectivity index is 1.81. The first kappa shape index (κ1) is 14.4. The maximum atomic E-state index is 5.27. The molecule has 1 atom stereocenters. The van der Waals surface area contributed by atoms with Crippen molar-refractivity contribution in [3.8, 4) is 0 Å². The molecule has 0 spiro atoms. The van der Waals surface area contributed by atoms with Crippen LogP contribution in [-0.4, -0.2) is 29.7 Å². The predicted molar refractivity (Wildman–Crippen MR) is 91.0 cm³/mol. The van der Waals surface area contributed by atoms with Gasteiger partial charge in [0.2, 0.25) is 0 Å². The summed E-state index contributed by atoms with van der Waals surface area (Å²) in [5.74, 6) is 2.66. The summed E-state index contributed by atoms with van der Waals surface area (Å²) in [6, 6.07) is 0.259. The molecular weight excluding hydrogens is 294 g/mol. The van der Waals surface area contributed by atoms with Crippen molar-refractivity contribution in [2.45, 2.75) is 57.4 Å². The van der Waals surface area contributed by atoms with Gasteiger partial charge in [-0.15, -0.1) is 11.3 Å². The number of hydrogen-bond acceptors (Lipinski definition) is 5. The second-order valence-electron chi connectivity index (χ2n) is 6.60. The lowest BCUT2D eigenvalue weighted by Crippen LogP contribution is -2.22. The Kier molecular flexibility index (Phi) is 3.78. The molecule has 118 valence electrons. The number of fused-ring (bicyclic) bond motifs is 3. The third-order valence-electron chi connectivity index (χ3n) is 4.57. The fourth-order valence-electron chi connectivity index (χ4n) is 3.33. The van der Waals surface area contributed by atoms with Crippen molar-refractivity contribution in [3.05, 3.63) is 16.3 Å². The van der Waals surface area contributed by atoms with Crippen LogP contribution in [0.5, 0.6) is 0 Å². The van der Waals surface area contributed by atoms with E-state index in [1.807, 2.05) is 11.3 Å². The standard InChI is InChI=1S/C17H23N3OS/c1-10(9-21-2)18-16-14-12-5-3-4-6-13(12)22-17(14)20-15(19-16)11-7-8-11/h10-11H,3-9H2,1-2H3,(H,18,19,20)/t10-/m0/s1. The Hall–Kier alpha value is -1.20. The maximum Gasteiger partial charge on any atom is 0.139 e. The molecule has 2 aromatic rings. The Morgan fingerprint density at radius 1 is 1.27 bits per heavy atom. The molecule has 0 aromatic carbocycles. The lowest BCUT2D eigenvalue weighted by atomic mass is 9.97. The lowest BCUT2D eigenvalue weighted by Gasteiger charge is -2.17. The van der Waals surface area contributed by atoms with E-state index in [0.717, 1.165) is 11.6 Å². The molecule has 1 fully saturated rings. The van der Waals surface area contributed by atoms with Crippen molar-refractivity contribution < 1.29 is 4.74 Å². The molecule has 2 heterocycles. The van der Waals surface area contributed by atoms with Crippen LogP contribution in [-0.2, 0) is 17.6 Å². The maximum absolute atomic E-state index is 5.27. The zero-order valence-corrected chi connectivity index (χ0v) is 14.1. The first-order valence-corrected chi connectivity index (χ1v) is 9.15. The van der Waals surface area contributed by atoms with Crippen LogP contribution in [0.2, 0.25) is 0 Å². The molecule has 1 N–H and O–H groups in total. The van der Waals surface area contributed by atoms with E-state index in [1.165, 1.54) is 59.2 Å². The molecular formula is C17H23N3OS. The van der Waals surface area contributed by atoms with Crippen LogP contribution in [0.25, 0.3) is 10.2 Å². The first-order valence-electron chi connectivity index (χ1n) is 8.34. The Bertz CT molecular complexity index is 693. The van der Waals surface area contributed by atoms with Gasteiger partial charge in [0.05, 0.1) is 12.0 Å². The van der Waals surface area contributed by atoms with Gasteiger partial charge in [0, 0.05) is 23.9 Å². The highest BCUT2D eigenvalue weighted by Gasteiger charge is 2.29. The second kappa shape index (κ2) is 5.78. The number of methoxy groups -OCH3 is 1. The van der Waals surface area contributed by atoms with Crippen LogP contribution in [0.1, 0.15) is 54.8 Å². The molecule has 0 aliphatic heterocycles. The number of anilines is 1. The van der Waals surface area contributed by atoms with Crippen LogP contribution in [0.4, 0.5) is 5.82 Å². The summed E-state index contributed by atoms with van der Waals surface area (Å²) in [4.78, 5) is 12.5. The van der Waals surface area contributed by atoms with E-state index in [2.05, 4.69) is 12.2 Å². The summed E-state index contributed by atoms with van der Waals surface area (Å²) in [6.07, 6.45) is 7.46. The molecule has 4 nitrogen and oxygen atoms in total. The average molecular weight is 317 g/mol. The number of aryl methyl sites for hydroxylation is 2. The van der Waals surface area contributed by atoms with Gasteiger partial charge in [0.1, 0.15) is 16.5 Å². The minimum absolute atomic E-state index is 0.259. The highest BCUT2D eigenvalue weighted by molar-refractivity contribution is 7.19. The third-order valence-corrected chi connectivity index (χ3v) is 5.76. The molecule has 0 saturated heterocycles. The minimum Gasteiger partial charge on any atom is -0.383 e. The number of thiophene rings is 1. The fraction of sp³-hybridized carbons (Fsp3) is 0.647. The number of rotatable bonds is 5. The van der Waals surface area contributed by atoms with Crippen LogP contribution in [0.15, 0.2) is 0 Å². The van der Waals surface area contributed by atoms with Gasteiger partial charge in [-0.2, -0.15) is 0 Å². The zero-order valence-electron chi connectivity index (χ0n) is 13.3. The molecule has 0 unspecified atom stereocenters. The van der Waals surface area contributed by atoms with Crippen molar-refractivity contribution in [2.24, 2.45) is 0 Å². The summed E-state index contributed by atoms with van der Waals surface area (Å²) in [5.41, 5.74) is 1.50. The van der Waals surface area contributed by atoms with Crippen LogP contribution in [0, 0.1) is 0 Å².